The van der Waals surface area contributed by atoms with Gasteiger partial charge in [0.25, 0.3) is 0 Å². The molecule has 4 nitrogen and oxygen atoms in total. The summed E-state index contributed by atoms with van der Waals surface area (Å²) in [5.74, 6) is -0.921. The predicted octanol–water partition coefficient (Wildman–Crippen LogP) is 3.43. The second-order valence-corrected chi connectivity index (χ2v) is 5.40. The second-order valence-electron chi connectivity index (χ2n) is 5.40. The molecule has 120 valence electrons. The molecular weight excluding hydrogens is 295 g/mol. The Morgan fingerprint density at radius 1 is 1.04 bits per heavy atom. The molecule has 0 radical (unpaired) electrons. The number of aryl methyl sites for hydroxylation is 2. The predicted molar refractivity (Wildman–Crippen MR) is 89.0 cm³/mol. The van der Waals surface area contributed by atoms with Crippen LogP contribution in [0.15, 0.2) is 42.5 Å². The SMILES string of the molecule is CC(=O)N(CC(=O)Nc1ccc(F)cc1)c1c(C)cccc1C. The average molecular weight is 314 g/mol. The highest BCUT2D eigenvalue weighted by atomic mass is 19.1. The average Bonchev–Trinajstić information content (AvgIpc) is 2.48. The first kappa shape index (κ1) is 16.7. The lowest BCUT2D eigenvalue weighted by Crippen LogP contribution is -2.37. The quantitative estimate of drug-likeness (QED) is 0.940. The van der Waals surface area contributed by atoms with Crippen molar-refractivity contribution in [3.8, 4) is 0 Å². The van der Waals surface area contributed by atoms with E-state index in [9.17, 15) is 14.0 Å². The third kappa shape index (κ3) is 4.16. The number of hydrogen-bond donors (Lipinski definition) is 1. The van der Waals surface area contributed by atoms with Gasteiger partial charge in [-0.25, -0.2) is 4.39 Å². The van der Waals surface area contributed by atoms with E-state index in [1.165, 1.54) is 36.1 Å². The van der Waals surface area contributed by atoms with Crippen LogP contribution in [-0.4, -0.2) is 18.4 Å². The smallest absolute Gasteiger partial charge is 0.244 e. The van der Waals surface area contributed by atoms with Gasteiger partial charge in [0.05, 0.1) is 5.69 Å². The molecule has 0 bridgehead atoms. The Balaban J connectivity index is 2.18. The Labute approximate surface area is 134 Å². The van der Waals surface area contributed by atoms with Gasteiger partial charge < -0.3 is 10.2 Å². The minimum Gasteiger partial charge on any atom is -0.325 e. The highest BCUT2D eigenvalue weighted by molar-refractivity contribution is 6.02. The zero-order valence-corrected chi connectivity index (χ0v) is 13.4. The number of carbonyl (C=O) groups excluding carboxylic acids is 2. The van der Waals surface area contributed by atoms with Crippen LogP contribution in [0.2, 0.25) is 0 Å². The van der Waals surface area contributed by atoms with Crippen molar-refractivity contribution in [3.05, 3.63) is 59.4 Å². The first-order chi connectivity index (χ1) is 10.9. The molecule has 0 aliphatic carbocycles. The van der Waals surface area contributed by atoms with E-state index in [1.807, 2.05) is 32.0 Å². The topological polar surface area (TPSA) is 49.4 Å². The van der Waals surface area contributed by atoms with Gasteiger partial charge in [-0.2, -0.15) is 0 Å². The van der Waals surface area contributed by atoms with Crippen LogP contribution in [0.1, 0.15) is 18.1 Å². The summed E-state index contributed by atoms with van der Waals surface area (Å²) in [7, 11) is 0. The molecule has 0 aromatic heterocycles. The van der Waals surface area contributed by atoms with Crippen LogP contribution in [0.4, 0.5) is 15.8 Å². The first-order valence-electron chi connectivity index (χ1n) is 7.28. The largest absolute Gasteiger partial charge is 0.325 e. The summed E-state index contributed by atoms with van der Waals surface area (Å²) in [4.78, 5) is 25.6. The fourth-order valence-corrected chi connectivity index (χ4v) is 2.46. The molecule has 2 rings (SSSR count). The normalized spacial score (nSPS) is 10.3. The summed E-state index contributed by atoms with van der Waals surface area (Å²) in [6.45, 7) is 5.13. The van der Waals surface area contributed by atoms with Gasteiger partial charge in [0.15, 0.2) is 0 Å². The number of carbonyl (C=O) groups is 2. The van der Waals surface area contributed by atoms with Gasteiger partial charge in [0.1, 0.15) is 12.4 Å². The molecule has 0 aliphatic heterocycles. The molecule has 0 unspecified atom stereocenters. The van der Waals surface area contributed by atoms with Crippen LogP contribution in [0.3, 0.4) is 0 Å². The second kappa shape index (κ2) is 7.05. The van der Waals surface area contributed by atoms with E-state index in [2.05, 4.69) is 5.32 Å². The van der Waals surface area contributed by atoms with E-state index in [4.69, 9.17) is 0 Å². The molecule has 5 heteroatoms. The zero-order chi connectivity index (χ0) is 17.0. The van der Waals surface area contributed by atoms with Gasteiger partial charge in [0.2, 0.25) is 11.8 Å². The lowest BCUT2D eigenvalue weighted by molar-refractivity contribution is -0.120. The summed E-state index contributed by atoms with van der Waals surface area (Å²) in [6, 6.07) is 11.2. The lowest BCUT2D eigenvalue weighted by atomic mass is 10.1. The Hall–Kier alpha value is -2.69. The Morgan fingerprint density at radius 3 is 2.13 bits per heavy atom. The summed E-state index contributed by atoms with van der Waals surface area (Å²) in [5.41, 5.74) is 3.08. The van der Waals surface area contributed by atoms with E-state index in [0.29, 0.717) is 5.69 Å². The van der Waals surface area contributed by atoms with E-state index in [-0.39, 0.29) is 24.2 Å². The van der Waals surface area contributed by atoms with Crippen molar-refractivity contribution in [1.82, 2.24) is 0 Å². The fourth-order valence-electron chi connectivity index (χ4n) is 2.46. The fraction of sp³-hybridized carbons (Fsp3) is 0.222. The first-order valence-corrected chi connectivity index (χ1v) is 7.28. The van der Waals surface area contributed by atoms with E-state index < -0.39 is 0 Å². The molecule has 2 aromatic carbocycles. The highest BCUT2D eigenvalue weighted by Crippen LogP contribution is 2.24. The maximum Gasteiger partial charge on any atom is 0.244 e. The molecule has 0 heterocycles. The number of anilines is 2. The van der Waals surface area contributed by atoms with Crippen molar-refractivity contribution in [1.29, 1.82) is 0 Å². The van der Waals surface area contributed by atoms with E-state index in [0.717, 1.165) is 16.8 Å². The number of amides is 2. The molecule has 2 amide bonds. The number of rotatable bonds is 4. The third-order valence-corrected chi connectivity index (χ3v) is 3.52. The number of para-hydroxylation sites is 1. The molecular formula is C18H19FN2O2. The van der Waals surface area contributed by atoms with Crippen molar-refractivity contribution >= 4 is 23.2 Å². The zero-order valence-electron chi connectivity index (χ0n) is 13.4. The molecule has 23 heavy (non-hydrogen) atoms. The van der Waals surface area contributed by atoms with Crippen LogP contribution < -0.4 is 10.2 Å². The molecule has 0 saturated heterocycles. The molecule has 0 spiro atoms. The summed E-state index contributed by atoms with van der Waals surface area (Å²) >= 11 is 0. The minimum atomic E-state index is -0.371. The monoisotopic (exact) mass is 314 g/mol. The van der Waals surface area contributed by atoms with Crippen molar-refractivity contribution in [2.45, 2.75) is 20.8 Å². The maximum atomic E-state index is 12.9. The van der Waals surface area contributed by atoms with Crippen molar-refractivity contribution in [3.63, 3.8) is 0 Å². The van der Waals surface area contributed by atoms with Gasteiger partial charge in [0, 0.05) is 12.6 Å². The highest BCUT2D eigenvalue weighted by Gasteiger charge is 2.19. The summed E-state index contributed by atoms with van der Waals surface area (Å²) < 4.78 is 12.9. The van der Waals surface area contributed by atoms with Crippen LogP contribution in [0, 0.1) is 19.7 Å². The molecule has 0 aliphatic rings. The minimum absolute atomic E-state index is 0.0988. The van der Waals surface area contributed by atoms with E-state index in [1.54, 1.807) is 0 Å². The van der Waals surface area contributed by atoms with Crippen LogP contribution in [-0.2, 0) is 9.59 Å². The third-order valence-electron chi connectivity index (χ3n) is 3.52. The maximum absolute atomic E-state index is 12.9. The van der Waals surface area contributed by atoms with Gasteiger partial charge in [-0.05, 0) is 49.2 Å². The Bertz CT molecular complexity index is 706. The molecule has 2 aromatic rings. The number of halogens is 1. The van der Waals surface area contributed by atoms with Crippen molar-refractivity contribution < 1.29 is 14.0 Å². The van der Waals surface area contributed by atoms with Gasteiger partial charge in [-0.1, -0.05) is 18.2 Å². The van der Waals surface area contributed by atoms with Crippen molar-refractivity contribution in [2.75, 3.05) is 16.8 Å². The Morgan fingerprint density at radius 2 is 1.61 bits per heavy atom. The molecule has 0 fully saturated rings. The lowest BCUT2D eigenvalue weighted by Gasteiger charge is -2.24. The van der Waals surface area contributed by atoms with Gasteiger partial charge >= 0.3 is 0 Å². The number of hydrogen-bond acceptors (Lipinski definition) is 2. The standard InChI is InChI=1S/C18H19FN2O2/c1-12-5-4-6-13(2)18(12)21(14(3)22)11-17(23)20-16-9-7-15(19)8-10-16/h4-10H,11H2,1-3H3,(H,20,23). The summed E-state index contributed by atoms with van der Waals surface area (Å²) in [5, 5.41) is 2.66. The molecule has 0 atom stereocenters. The van der Waals surface area contributed by atoms with Crippen LogP contribution >= 0.6 is 0 Å². The van der Waals surface area contributed by atoms with Crippen LogP contribution in [0.5, 0.6) is 0 Å². The summed E-state index contributed by atoms with van der Waals surface area (Å²) in [6.07, 6.45) is 0. The van der Waals surface area contributed by atoms with Gasteiger partial charge in [-0.15, -0.1) is 0 Å². The van der Waals surface area contributed by atoms with Crippen molar-refractivity contribution in [2.24, 2.45) is 0 Å². The Kier molecular flexibility index (Phi) is 5.11. The number of nitrogens with zero attached hydrogens (tertiary/aromatic N) is 1. The van der Waals surface area contributed by atoms with E-state index >= 15 is 0 Å². The number of nitrogens with one attached hydrogen (secondary N) is 1. The number of benzene rings is 2. The van der Waals surface area contributed by atoms with Gasteiger partial charge in [-0.3, -0.25) is 9.59 Å². The molecule has 1 N–H and O–H groups in total. The van der Waals surface area contributed by atoms with Crippen LogP contribution in [0.25, 0.3) is 0 Å². The molecule has 0 saturated carbocycles.